The average Bonchev–Trinajstić information content (AvgIpc) is 3.06. The molecule has 1 N–H and O–H groups in total. The maximum atomic E-state index is 6.35. The molecule has 5 rings (SSSR count). The predicted octanol–water partition coefficient (Wildman–Crippen LogP) is 5.40. The van der Waals surface area contributed by atoms with Gasteiger partial charge in [0.25, 0.3) is 0 Å². The Morgan fingerprint density at radius 1 is 0.852 bits per heavy atom. The Balaban J connectivity index is 1.75. The van der Waals surface area contributed by atoms with E-state index in [1.807, 2.05) is 67.6 Å². The van der Waals surface area contributed by atoms with E-state index in [0.717, 1.165) is 33.1 Å². The van der Waals surface area contributed by atoms with E-state index in [1.54, 1.807) is 0 Å². The molecule has 2 heterocycles. The van der Waals surface area contributed by atoms with Gasteiger partial charge in [-0.05, 0) is 24.6 Å². The Hall–Kier alpha value is -3.11. The van der Waals surface area contributed by atoms with Crippen LogP contribution in [-0.4, -0.2) is 11.1 Å². The third-order valence-electron chi connectivity index (χ3n) is 4.83. The van der Waals surface area contributed by atoms with Crippen LogP contribution in [-0.2, 0) is 5.66 Å². The molecular weight excluding hydrogens is 358 g/mol. The summed E-state index contributed by atoms with van der Waals surface area (Å²) in [6.07, 6.45) is 0. The van der Waals surface area contributed by atoms with Crippen LogP contribution in [0.2, 0.25) is 0 Å². The van der Waals surface area contributed by atoms with Gasteiger partial charge in [0.1, 0.15) is 17.0 Å². The zero-order valence-electron chi connectivity index (χ0n) is 14.6. The van der Waals surface area contributed by atoms with Crippen molar-refractivity contribution in [3.63, 3.8) is 0 Å². The third kappa shape index (κ3) is 2.61. The molecule has 0 radical (unpaired) electrons. The summed E-state index contributed by atoms with van der Waals surface area (Å²) < 4.78 is 6.18. The van der Waals surface area contributed by atoms with Crippen LogP contribution < -0.4 is 5.32 Å². The Bertz CT molecular complexity index is 1230. The van der Waals surface area contributed by atoms with Gasteiger partial charge in [-0.1, -0.05) is 66.7 Å². The molecular formula is C22H16ClN3O. The van der Waals surface area contributed by atoms with Gasteiger partial charge in [-0.25, -0.2) is 9.98 Å². The van der Waals surface area contributed by atoms with Gasteiger partial charge in [-0.2, -0.15) is 0 Å². The molecule has 5 heteroatoms. The summed E-state index contributed by atoms with van der Waals surface area (Å²) in [6, 6.07) is 24.0. The second-order valence-corrected chi connectivity index (χ2v) is 7.01. The maximum Gasteiger partial charge on any atom is 0.199 e. The number of furan rings is 1. The number of benzene rings is 3. The lowest BCUT2D eigenvalue weighted by Gasteiger charge is -2.27. The van der Waals surface area contributed by atoms with Crippen molar-refractivity contribution in [2.75, 3.05) is 0 Å². The molecule has 0 bridgehead atoms. The summed E-state index contributed by atoms with van der Waals surface area (Å²) in [5.41, 5.74) is 2.58. The zero-order chi connectivity index (χ0) is 18.4. The second kappa shape index (κ2) is 5.96. The molecule has 1 unspecified atom stereocenters. The van der Waals surface area contributed by atoms with Crippen molar-refractivity contribution in [1.82, 2.24) is 5.32 Å². The van der Waals surface area contributed by atoms with Crippen molar-refractivity contribution in [2.24, 2.45) is 9.98 Å². The largest absolute Gasteiger partial charge is 0.456 e. The molecule has 4 aromatic rings. The summed E-state index contributed by atoms with van der Waals surface area (Å²) in [5.74, 6) is 0.686. The fourth-order valence-electron chi connectivity index (χ4n) is 3.56. The van der Waals surface area contributed by atoms with E-state index in [2.05, 4.69) is 22.4 Å². The van der Waals surface area contributed by atoms with Crippen LogP contribution in [0.1, 0.15) is 18.1 Å². The minimum Gasteiger partial charge on any atom is -0.456 e. The Morgan fingerprint density at radius 2 is 1.59 bits per heavy atom. The Kier molecular flexibility index (Phi) is 3.55. The van der Waals surface area contributed by atoms with E-state index in [9.17, 15) is 0 Å². The van der Waals surface area contributed by atoms with E-state index >= 15 is 0 Å². The van der Waals surface area contributed by atoms with E-state index in [1.165, 1.54) is 0 Å². The van der Waals surface area contributed by atoms with Crippen LogP contribution in [0.4, 0.5) is 0 Å². The molecule has 1 aromatic heterocycles. The molecule has 0 aliphatic carbocycles. The SMILES string of the molecule is CC1(c2cccc3c2oc2ccccc23)N=C(Cl)NC(c2ccccc2)=N1. The van der Waals surface area contributed by atoms with Crippen LogP contribution in [0.15, 0.2) is 87.2 Å². The smallest absolute Gasteiger partial charge is 0.199 e. The predicted molar refractivity (Wildman–Crippen MR) is 110 cm³/mol. The van der Waals surface area contributed by atoms with Crippen molar-refractivity contribution >= 4 is 44.7 Å². The normalized spacial score (nSPS) is 19.6. The van der Waals surface area contributed by atoms with Gasteiger partial charge in [0, 0.05) is 21.9 Å². The summed E-state index contributed by atoms with van der Waals surface area (Å²) >= 11 is 6.35. The van der Waals surface area contributed by atoms with Crippen LogP contribution >= 0.6 is 11.6 Å². The van der Waals surface area contributed by atoms with Gasteiger partial charge in [0.05, 0.1) is 0 Å². The van der Waals surface area contributed by atoms with Crippen molar-refractivity contribution < 1.29 is 4.42 Å². The number of amidine groups is 2. The van der Waals surface area contributed by atoms with Crippen LogP contribution in [0.5, 0.6) is 0 Å². The first kappa shape index (κ1) is 16.1. The first-order valence-corrected chi connectivity index (χ1v) is 9.10. The highest BCUT2D eigenvalue weighted by Crippen LogP contribution is 2.39. The zero-order valence-corrected chi connectivity index (χ0v) is 15.4. The number of nitrogens with one attached hydrogen (secondary N) is 1. The molecule has 1 aliphatic heterocycles. The van der Waals surface area contributed by atoms with E-state index in [4.69, 9.17) is 21.0 Å². The first-order chi connectivity index (χ1) is 13.1. The second-order valence-electron chi connectivity index (χ2n) is 6.66. The third-order valence-corrected chi connectivity index (χ3v) is 5.01. The monoisotopic (exact) mass is 373 g/mol. The van der Waals surface area contributed by atoms with E-state index in [-0.39, 0.29) is 0 Å². The molecule has 0 spiro atoms. The van der Waals surface area contributed by atoms with Gasteiger partial charge in [-0.3, -0.25) is 0 Å². The molecule has 1 aliphatic rings. The number of hydrogen-bond acceptors (Lipinski definition) is 4. The number of rotatable bonds is 2. The molecule has 4 nitrogen and oxygen atoms in total. The molecule has 0 saturated carbocycles. The highest BCUT2D eigenvalue weighted by atomic mass is 35.5. The maximum absolute atomic E-state index is 6.35. The number of para-hydroxylation sites is 2. The Labute approximate surface area is 161 Å². The quantitative estimate of drug-likeness (QED) is 0.478. The van der Waals surface area contributed by atoms with Gasteiger partial charge < -0.3 is 9.73 Å². The van der Waals surface area contributed by atoms with Gasteiger partial charge >= 0.3 is 0 Å². The number of nitrogens with zero attached hydrogens (tertiary/aromatic N) is 2. The number of aliphatic imine (C=N–C) groups is 2. The minimum absolute atomic E-state index is 0.305. The summed E-state index contributed by atoms with van der Waals surface area (Å²) in [5, 5.41) is 5.50. The van der Waals surface area contributed by atoms with Gasteiger partial charge in [0.15, 0.2) is 11.0 Å². The highest BCUT2D eigenvalue weighted by Gasteiger charge is 2.33. The fraction of sp³-hybridized carbons (Fsp3) is 0.0909. The summed E-state index contributed by atoms with van der Waals surface area (Å²) in [7, 11) is 0. The number of hydrogen-bond donors (Lipinski definition) is 1. The van der Waals surface area contributed by atoms with E-state index in [0.29, 0.717) is 11.1 Å². The van der Waals surface area contributed by atoms with Crippen molar-refractivity contribution in [2.45, 2.75) is 12.6 Å². The van der Waals surface area contributed by atoms with Crippen LogP contribution in [0.25, 0.3) is 21.9 Å². The first-order valence-electron chi connectivity index (χ1n) is 8.72. The van der Waals surface area contributed by atoms with Crippen LogP contribution in [0, 0.1) is 0 Å². The van der Waals surface area contributed by atoms with Crippen molar-refractivity contribution in [1.29, 1.82) is 0 Å². The lowest BCUT2D eigenvalue weighted by Crippen LogP contribution is -2.37. The summed E-state index contributed by atoms with van der Waals surface area (Å²) in [4.78, 5) is 9.50. The van der Waals surface area contributed by atoms with Crippen molar-refractivity contribution in [3.05, 3.63) is 83.9 Å². The van der Waals surface area contributed by atoms with Crippen molar-refractivity contribution in [3.8, 4) is 0 Å². The molecule has 1 atom stereocenters. The van der Waals surface area contributed by atoms with Gasteiger partial charge in [-0.15, -0.1) is 0 Å². The molecule has 0 saturated heterocycles. The van der Waals surface area contributed by atoms with Gasteiger partial charge in [0.2, 0.25) is 0 Å². The Morgan fingerprint density at radius 3 is 2.44 bits per heavy atom. The molecule has 132 valence electrons. The molecule has 0 amide bonds. The lowest BCUT2D eigenvalue weighted by atomic mass is 9.98. The lowest BCUT2D eigenvalue weighted by molar-refractivity contribution is 0.513. The topological polar surface area (TPSA) is 49.9 Å². The number of fused-ring (bicyclic) bond motifs is 3. The molecule has 3 aromatic carbocycles. The number of halogens is 1. The minimum atomic E-state index is -0.888. The van der Waals surface area contributed by atoms with Crippen LogP contribution in [0.3, 0.4) is 0 Å². The summed E-state index contributed by atoms with van der Waals surface area (Å²) in [6.45, 7) is 1.95. The van der Waals surface area contributed by atoms with E-state index < -0.39 is 5.66 Å². The molecule has 27 heavy (non-hydrogen) atoms. The highest BCUT2D eigenvalue weighted by molar-refractivity contribution is 6.66. The standard InChI is InChI=1S/C22H16ClN3O/c1-22(25-20(24-21(23)26-22)14-8-3-2-4-9-14)17-12-7-11-16-15-10-5-6-13-18(15)27-19(16)17/h2-13H,1H3,(H,24,25,26). The fourth-order valence-corrected chi connectivity index (χ4v) is 3.81. The molecule has 0 fully saturated rings. The average molecular weight is 374 g/mol.